The van der Waals surface area contributed by atoms with Crippen LogP contribution in [-0.2, 0) is 6.42 Å². The third kappa shape index (κ3) is 3.17. The van der Waals surface area contributed by atoms with Crippen molar-refractivity contribution in [2.45, 2.75) is 6.42 Å². The van der Waals surface area contributed by atoms with E-state index in [9.17, 15) is 4.39 Å². The van der Waals surface area contributed by atoms with Crippen LogP contribution in [0.2, 0.25) is 0 Å². The van der Waals surface area contributed by atoms with Gasteiger partial charge in [-0.05, 0) is 23.6 Å². The highest BCUT2D eigenvalue weighted by atomic mass is 19.1. The molecule has 1 heteroatoms. The van der Waals surface area contributed by atoms with E-state index in [2.05, 4.69) is 6.58 Å². The summed E-state index contributed by atoms with van der Waals surface area (Å²) in [6, 6.07) is 19.2. The van der Waals surface area contributed by atoms with E-state index in [0.29, 0.717) is 12.0 Å². The van der Waals surface area contributed by atoms with Gasteiger partial charge in [-0.15, -0.1) is 0 Å². The SMILES string of the molecule is C=C(/C(F)=C/Cc1ccccc1)c1ccccc1. The number of rotatable bonds is 4. The maximum absolute atomic E-state index is 13.9. The smallest absolute Gasteiger partial charge is 0.126 e. The molecule has 0 saturated carbocycles. The lowest BCUT2D eigenvalue weighted by molar-refractivity contribution is 0.669. The van der Waals surface area contributed by atoms with Gasteiger partial charge in [-0.3, -0.25) is 0 Å². The van der Waals surface area contributed by atoms with Gasteiger partial charge in [-0.1, -0.05) is 67.2 Å². The quantitative estimate of drug-likeness (QED) is 0.671. The fourth-order valence-electron chi connectivity index (χ4n) is 1.72. The molecule has 0 aliphatic carbocycles. The topological polar surface area (TPSA) is 0 Å². The average molecular weight is 238 g/mol. The number of hydrogen-bond donors (Lipinski definition) is 0. The first-order valence-corrected chi connectivity index (χ1v) is 5.91. The van der Waals surface area contributed by atoms with Crippen LogP contribution in [0, 0.1) is 0 Å². The van der Waals surface area contributed by atoms with Crippen molar-refractivity contribution in [2.75, 3.05) is 0 Å². The Hall–Kier alpha value is -2.15. The summed E-state index contributed by atoms with van der Waals surface area (Å²) in [5, 5.41) is 0. The molecule has 0 nitrogen and oxygen atoms in total. The van der Waals surface area contributed by atoms with Gasteiger partial charge < -0.3 is 0 Å². The summed E-state index contributed by atoms with van der Waals surface area (Å²) < 4.78 is 13.9. The van der Waals surface area contributed by atoms with Crippen LogP contribution in [0.3, 0.4) is 0 Å². The highest BCUT2D eigenvalue weighted by Crippen LogP contribution is 2.22. The Morgan fingerprint density at radius 1 is 0.944 bits per heavy atom. The molecule has 90 valence electrons. The second kappa shape index (κ2) is 5.97. The van der Waals surface area contributed by atoms with Crippen molar-refractivity contribution in [1.82, 2.24) is 0 Å². The highest BCUT2D eigenvalue weighted by molar-refractivity contribution is 5.74. The first kappa shape index (κ1) is 12.3. The Balaban J connectivity index is 2.08. The van der Waals surface area contributed by atoms with E-state index in [-0.39, 0.29) is 5.83 Å². The van der Waals surface area contributed by atoms with Crippen LogP contribution < -0.4 is 0 Å². The lowest BCUT2D eigenvalue weighted by atomic mass is 10.0. The third-order valence-corrected chi connectivity index (χ3v) is 2.77. The normalized spacial score (nSPS) is 11.3. The fourth-order valence-corrected chi connectivity index (χ4v) is 1.72. The van der Waals surface area contributed by atoms with Gasteiger partial charge >= 0.3 is 0 Å². The summed E-state index contributed by atoms with van der Waals surface area (Å²) >= 11 is 0. The van der Waals surface area contributed by atoms with Gasteiger partial charge in [-0.25, -0.2) is 4.39 Å². The Kier molecular flexibility index (Phi) is 4.08. The zero-order valence-corrected chi connectivity index (χ0v) is 10.1. The predicted molar refractivity (Wildman–Crippen MR) is 74.8 cm³/mol. The van der Waals surface area contributed by atoms with E-state index >= 15 is 0 Å². The molecule has 0 spiro atoms. The lowest BCUT2D eigenvalue weighted by Gasteiger charge is -2.03. The molecule has 0 aliphatic rings. The molecule has 0 bridgehead atoms. The number of allylic oxidation sites excluding steroid dienone is 3. The molecule has 0 fully saturated rings. The first-order valence-electron chi connectivity index (χ1n) is 5.91. The molecule has 18 heavy (non-hydrogen) atoms. The standard InChI is InChI=1S/C17H15F/c1-14(16-10-6-3-7-11-16)17(18)13-12-15-8-4-2-5-9-15/h2-11,13H,1,12H2/b17-13-. The molecular weight excluding hydrogens is 223 g/mol. The van der Waals surface area contributed by atoms with E-state index in [0.717, 1.165) is 11.1 Å². The van der Waals surface area contributed by atoms with Crippen molar-refractivity contribution in [3.8, 4) is 0 Å². The molecule has 0 heterocycles. The fraction of sp³-hybridized carbons (Fsp3) is 0.0588. The number of benzene rings is 2. The summed E-state index contributed by atoms with van der Waals surface area (Å²) in [7, 11) is 0. The van der Waals surface area contributed by atoms with E-state index in [1.165, 1.54) is 0 Å². The average Bonchev–Trinajstić information content (AvgIpc) is 2.46. The number of hydrogen-bond acceptors (Lipinski definition) is 0. The van der Waals surface area contributed by atoms with Crippen LogP contribution in [0.15, 0.2) is 79.1 Å². The van der Waals surface area contributed by atoms with Crippen molar-refractivity contribution in [1.29, 1.82) is 0 Å². The lowest BCUT2D eigenvalue weighted by Crippen LogP contribution is -1.86. The minimum atomic E-state index is -0.259. The second-order valence-corrected chi connectivity index (χ2v) is 4.09. The minimum Gasteiger partial charge on any atom is -0.207 e. The Morgan fingerprint density at radius 3 is 2.11 bits per heavy atom. The van der Waals surface area contributed by atoms with Crippen LogP contribution in [0.5, 0.6) is 0 Å². The highest BCUT2D eigenvalue weighted by Gasteiger charge is 2.03. The van der Waals surface area contributed by atoms with Crippen LogP contribution in [0.1, 0.15) is 11.1 Å². The van der Waals surface area contributed by atoms with E-state index in [4.69, 9.17) is 0 Å². The van der Waals surface area contributed by atoms with Crippen molar-refractivity contribution in [2.24, 2.45) is 0 Å². The molecule has 0 aliphatic heterocycles. The van der Waals surface area contributed by atoms with Crippen molar-refractivity contribution < 1.29 is 4.39 Å². The van der Waals surface area contributed by atoms with Gasteiger partial charge in [0.05, 0.1) is 0 Å². The molecular formula is C17H15F. The third-order valence-electron chi connectivity index (χ3n) is 2.77. The minimum absolute atomic E-state index is 0.259. The van der Waals surface area contributed by atoms with Gasteiger partial charge in [0.25, 0.3) is 0 Å². The maximum atomic E-state index is 13.9. The summed E-state index contributed by atoms with van der Waals surface area (Å²) in [4.78, 5) is 0. The van der Waals surface area contributed by atoms with Gasteiger partial charge in [0.1, 0.15) is 5.83 Å². The van der Waals surface area contributed by atoms with Crippen LogP contribution >= 0.6 is 0 Å². The largest absolute Gasteiger partial charge is 0.207 e. The van der Waals surface area contributed by atoms with Crippen LogP contribution in [0.4, 0.5) is 4.39 Å². The van der Waals surface area contributed by atoms with E-state index < -0.39 is 0 Å². The van der Waals surface area contributed by atoms with Crippen molar-refractivity contribution in [3.05, 3.63) is 90.3 Å². The molecule has 0 aromatic heterocycles. The zero-order valence-electron chi connectivity index (χ0n) is 10.1. The summed E-state index contributed by atoms with van der Waals surface area (Å²) in [6.07, 6.45) is 2.16. The first-order chi connectivity index (χ1) is 8.77. The van der Waals surface area contributed by atoms with Crippen molar-refractivity contribution >= 4 is 5.57 Å². The Morgan fingerprint density at radius 2 is 1.50 bits per heavy atom. The molecule has 0 atom stereocenters. The summed E-state index contributed by atoms with van der Waals surface area (Å²) in [5.41, 5.74) is 2.35. The van der Waals surface area contributed by atoms with E-state index in [1.54, 1.807) is 6.08 Å². The van der Waals surface area contributed by atoms with Crippen molar-refractivity contribution in [3.63, 3.8) is 0 Å². The molecule has 0 N–H and O–H groups in total. The summed E-state index contributed by atoms with van der Waals surface area (Å²) in [6.45, 7) is 3.79. The van der Waals surface area contributed by atoms with E-state index in [1.807, 2.05) is 60.7 Å². The second-order valence-electron chi connectivity index (χ2n) is 4.09. The monoisotopic (exact) mass is 238 g/mol. The predicted octanol–water partition coefficient (Wildman–Crippen LogP) is 4.80. The van der Waals surface area contributed by atoms with Gasteiger partial charge in [0, 0.05) is 5.57 Å². The maximum Gasteiger partial charge on any atom is 0.126 e. The molecule has 0 radical (unpaired) electrons. The van der Waals surface area contributed by atoms with Crippen LogP contribution in [0.25, 0.3) is 5.57 Å². The molecule has 2 aromatic rings. The molecule has 2 aromatic carbocycles. The summed E-state index contributed by atoms with van der Waals surface area (Å²) in [5.74, 6) is -0.259. The molecule has 0 unspecified atom stereocenters. The van der Waals surface area contributed by atoms with Gasteiger partial charge in [-0.2, -0.15) is 0 Å². The van der Waals surface area contributed by atoms with Gasteiger partial charge in [0.2, 0.25) is 0 Å². The van der Waals surface area contributed by atoms with Crippen LogP contribution in [-0.4, -0.2) is 0 Å². The Bertz CT molecular complexity index is 538. The molecule has 2 rings (SSSR count). The van der Waals surface area contributed by atoms with Gasteiger partial charge in [0.15, 0.2) is 0 Å². The zero-order chi connectivity index (χ0) is 12.8. The molecule has 0 amide bonds. The Labute approximate surface area is 107 Å². The number of halogens is 1. The molecule has 0 saturated heterocycles.